The Labute approximate surface area is 104 Å². The van der Waals surface area contributed by atoms with Gasteiger partial charge in [0, 0.05) is 7.05 Å². The molecule has 2 heterocycles. The number of pyridine rings is 1. The van der Waals surface area contributed by atoms with Gasteiger partial charge in [0.2, 0.25) is 0 Å². The number of carbonyl (C=O) groups excluding carboxylic acids is 1. The number of nitrogens with zero attached hydrogens (tertiary/aromatic N) is 1. The topological polar surface area (TPSA) is 79.2 Å². The fourth-order valence-electron chi connectivity index (χ4n) is 1.37. The van der Waals surface area contributed by atoms with Crippen LogP contribution in [0.1, 0.15) is 5.76 Å². The van der Waals surface area contributed by atoms with Crippen LogP contribution in [0.25, 0.3) is 0 Å². The van der Waals surface area contributed by atoms with Crippen molar-refractivity contribution in [1.82, 2.24) is 10.3 Å². The van der Waals surface area contributed by atoms with Crippen LogP contribution in [0.5, 0.6) is 0 Å². The minimum absolute atomic E-state index is 0.301. The smallest absolute Gasteiger partial charge is 0.319 e. The number of anilines is 2. The number of hydrogen-bond acceptors (Lipinski definition) is 4. The van der Waals surface area contributed by atoms with E-state index in [9.17, 15) is 4.79 Å². The lowest BCUT2D eigenvalue weighted by Crippen LogP contribution is -2.28. The molecular weight excluding hydrogens is 232 g/mol. The van der Waals surface area contributed by atoms with Crippen LogP contribution in [-0.2, 0) is 6.54 Å². The van der Waals surface area contributed by atoms with E-state index in [2.05, 4.69) is 20.9 Å². The van der Waals surface area contributed by atoms with Crippen LogP contribution in [0, 0.1) is 0 Å². The minimum atomic E-state index is -0.301. The van der Waals surface area contributed by atoms with Gasteiger partial charge in [0.1, 0.15) is 11.6 Å². The molecule has 3 N–H and O–H groups in total. The first-order valence-electron chi connectivity index (χ1n) is 5.49. The summed E-state index contributed by atoms with van der Waals surface area (Å²) in [5, 5.41) is 8.25. The molecule has 0 aliphatic rings. The van der Waals surface area contributed by atoms with Gasteiger partial charge in [0.15, 0.2) is 0 Å². The van der Waals surface area contributed by atoms with Crippen molar-refractivity contribution in [3.63, 3.8) is 0 Å². The maximum Gasteiger partial charge on any atom is 0.319 e. The highest BCUT2D eigenvalue weighted by atomic mass is 16.3. The second-order valence-corrected chi connectivity index (χ2v) is 3.57. The van der Waals surface area contributed by atoms with Gasteiger partial charge in [0.25, 0.3) is 0 Å². The molecule has 0 atom stereocenters. The fourth-order valence-corrected chi connectivity index (χ4v) is 1.37. The summed E-state index contributed by atoms with van der Waals surface area (Å²) < 4.78 is 5.10. The van der Waals surface area contributed by atoms with Gasteiger partial charge in [-0.1, -0.05) is 0 Å². The van der Waals surface area contributed by atoms with Crippen LogP contribution >= 0.6 is 0 Å². The van der Waals surface area contributed by atoms with Gasteiger partial charge in [-0.25, -0.2) is 9.78 Å². The number of hydrogen-bond donors (Lipinski definition) is 3. The summed E-state index contributed by atoms with van der Waals surface area (Å²) in [6.45, 7) is 0.348. The minimum Gasteiger partial charge on any atom is -0.467 e. The van der Waals surface area contributed by atoms with Crippen LogP contribution < -0.4 is 16.0 Å². The van der Waals surface area contributed by atoms with Crippen molar-refractivity contribution < 1.29 is 9.21 Å². The molecule has 18 heavy (non-hydrogen) atoms. The van der Waals surface area contributed by atoms with Crippen LogP contribution in [-0.4, -0.2) is 18.1 Å². The maximum absolute atomic E-state index is 11.6. The predicted octanol–water partition coefficient (Wildman–Crippen LogP) is 2.04. The van der Waals surface area contributed by atoms with Crippen LogP contribution in [0.4, 0.5) is 16.3 Å². The predicted molar refractivity (Wildman–Crippen MR) is 68.4 cm³/mol. The number of nitrogens with one attached hydrogen (secondary N) is 3. The molecule has 0 bridgehead atoms. The molecule has 0 radical (unpaired) electrons. The van der Waals surface area contributed by atoms with Gasteiger partial charge in [-0.15, -0.1) is 0 Å². The first-order valence-corrected chi connectivity index (χ1v) is 5.49. The summed E-state index contributed by atoms with van der Waals surface area (Å²) in [5.74, 6) is 1.45. The van der Waals surface area contributed by atoms with E-state index in [1.54, 1.807) is 43.8 Å². The van der Waals surface area contributed by atoms with Gasteiger partial charge in [-0.2, -0.15) is 0 Å². The van der Waals surface area contributed by atoms with E-state index in [1.807, 2.05) is 0 Å². The van der Waals surface area contributed by atoms with Crippen LogP contribution in [0.15, 0.2) is 41.1 Å². The third kappa shape index (κ3) is 3.24. The van der Waals surface area contributed by atoms with E-state index >= 15 is 0 Å². The summed E-state index contributed by atoms with van der Waals surface area (Å²) in [4.78, 5) is 15.6. The van der Waals surface area contributed by atoms with Crippen molar-refractivity contribution in [3.8, 4) is 0 Å². The number of furan rings is 1. The Kier molecular flexibility index (Phi) is 3.80. The molecule has 0 spiro atoms. The number of rotatable bonds is 4. The Balaban J connectivity index is 1.83. The maximum atomic E-state index is 11.6. The highest BCUT2D eigenvalue weighted by molar-refractivity contribution is 5.89. The van der Waals surface area contributed by atoms with Crippen LogP contribution in [0.2, 0.25) is 0 Å². The van der Waals surface area contributed by atoms with Crippen molar-refractivity contribution in [2.45, 2.75) is 6.54 Å². The Bertz CT molecular complexity index is 493. The number of carbonyl (C=O) groups is 1. The van der Waals surface area contributed by atoms with Crippen molar-refractivity contribution in [2.75, 3.05) is 17.7 Å². The van der Waals surface area contributed by atoms with Crippen molar-refractivity contribution in [2.24, 2.45) is 0 Å². The monoisotopic (exact) mass is 246 g/mol. The van der Waals surface area contributed by atoms with Gasteiger partial charge in [-0.3, -0.25) is 0 Å². The van der Waals surface area contributed by atoms with E-state index in [-0.39, 0.29) is 6.03 Å². The lowest BCUT2D eigenvalue weighted by molar-refractivity contribution is 0.251. The first kappa shape index (κ1) is 12.0. The molecule has 6 nitrogen and oxygen atoms in total. The Morgan fingerprint density at radius 3 is 2.89 bits per heavy atom. The first-order chi connectivity index (χ1) is 8.78. The van der Waals surface area contributed by atoms with E-state index in [0.717, 1.165) is 5.82 Å². The normalized spacial score (nSPS) is 9.83. The summed E-state index contributed by atoms with van der Waals surface area (Å²) in [7, 11) is 1.78. The molecule has 0 unspecified atom stereocenters. The van der Waals surface area contributed by atoms with E-state index in [0.29, 0.717) is 18.0 Å². The van der Waals surface area contributed by atoms with E-state index in [4.69, 9.17) is 4.42 Å². The Hall–Kier alpha value is -2.50. The van der Waals surface area contributed by atoms with E-state index in [1.165, 1.54) is 0 Å². The molecule has 2 aromatic heterocycles. The van der Waals surface area contributed by atoms with Gasteiger partial charge >= 0.3 is 6.03 Å². The lowest BCUT2D eigenvalue weighted by Gasteiger charge is -2.06. The van der Waals surface area contributed by atoms with Gasteiger partial charge < -0.3 is 20.4 Å². The molecule has 0 aromatic carbocycles. The molecule has 0 fully saturated rings. The molecule has 0 saturated heterocycles. The molecule has 2 aromatic rings. The Morgan fingerprint density at radius 1 is 1.39 bits per heavy atom. The van der Waals surface area contributed by atoms with Crippen molar-refractivity contribution in [1.29, 1.82) is 0 Å². The highest BCUT2D eigenvalue weighted by Gasteiger charge is 2.03. The zero-order valence-electron chi connectivity index (χ0n) is 9.93. The SMILES string of the molecule is CNc1ccc(NC(=O)NCc2ccco2)cn1. The molecule has 6 heteroatoms. The second kappa shape index (κ2) is 5.72. The Morgan fingerprint density at radius 2 is 2.28 bits per heavy atom. The van der Waals surface area contributed by atoms with E-state index < -0.39 is 0 Å². The summed E-state index contributed by atoms with van der Waals surface area (Å²) >= 11 is 0. The van der Waals surface area contributed by atoms with Crippen molar-refractivity contribution >= 4 is 17.5 Å². The number of urea groups is 1. The standard InChI is InChI=1S/C12H14N4O2/c1-13-11-5-4-9(7-14-11)16-12(17)15-8-10-3-2-6-18-10/h2-7H,8H2,1H3,(H,13,14)(H2,15,16,17). The number of amides is 2. The molecule has 0 aliphatic heterocycles. The molecule has 94 valence electrons. The zero-order valence-corrected chi connectivity index (χ0v) is 9.93. The molecular formula is C12H14N4O2. The summed E-state index contributed by atoms with van der Waals surface area (Å²) in [5.41, 5.74) is 0.631. The van der Waals surface area contributed by atoms with Gasteiger partial charge in [0.05, 0.1) is 24.7 Å². The molecule has 2 rings (SSSR count). The average molecular weight is 246 g/mol. The summed E-state index contributed by atoms with van der Waals surface area (Å²) in [6, 6.07) is 6.82. The van der Waals surface area contributed by atoms with Crippen LogP contribution in [0.3, 0.4) is 0 Å². The second-order valence-electron chi connectivity index (χ2n) is 3.57. The molecule has 2 amide bonds. The average Bonchev–Trinajstić information content (AvgIpc) is 2.90. The highest BCUT2D eigenvalue weighted by Crippen LogP contribution is 2.08. The lowest BCUT2D eigenvalue weighted by atomic mass is 10.4. The fraction of sp³-hybridized carbons (Fsp3) is 0.167. The quantitative estimate of drug-likeness (QED) is 0.771. The summed E-state index contributed by atoms with van der Waals surface area (Å²) in [6.07, 6.45) is 3.15. The third-order valence-electron chi connectivity index (χ3n) is 2.28. The molecule has 0 aliphatic carbocycles. The van der Waals surface area contributed by atoms with Gasteiger partial charge in [-0.05, 0) is 24.3 Å². The number of aromatic nitrogens is 1. The van der Waals surface area contributed by atoms with Crippen molar-refractivity contribution in [3.05, 3.63) is 42.5 Å². The molecule has 0 saturated carbocycles. The zero-order chi connectivity index (χ0) is 12.8. The largest absolute Gasteiger partial charge is 0.467 e. The third-order valence-corrected chi connectivity index (χ3v) is 2.28.